The van der Waals surface area contributed by atoms with E-state index in [2.05, 4.69) is 9.88 Å². The first-order valence-electron chi connectivity index (χ1n) is 9.60. The van der Waals surface area contributed by atoms with Gasteiger partial charge < -0.3 is 9.15 Å². The molecule has 0 atom stereocenters. The average molecular weight is 384 g/mol. The first kappa shape index (κ1) is 17.6. The summed E-state index contributed by atoms with van der Waals surface area (Å²) in [5.41, 5.74) is 3.95. The monoisotopic (exact) mass is 384 g/mol. The fourth-order valence-corrected chi connectivity index (χ4v) is 3.88. The van der Waals surface area contributed by atoms with E-state index >= 15 is 0 Å². The molecule has 0 radical (unpaired) electrons. The van der Waals surface area contributed by atoms with Gasteiger partial charge in [-0.3, -0.25) is 14.7 Å². The minimum atomic E-state index is -0.0143. The van der Waals surface area contributed by atoms with Crippen molar-refractivity contribution < 1.29 is 9.15 Å². The van der Waals surface area contributed by atoms with Gasteiger partial charge in [0.15, 0.2) is 0 Å². The fourth-order valence-electron chi connectivity index (χ4n) is 3.88. The highest BCUT2D eigenvalue weighted by Gasteiger charge is 2.24. The lowest BCUT2D eigenvalue weighted by Gasteiger charge is -2.29. The van der Waals surface area contributed by atoms with Gasteiger partial charge >= 0.3 is 0 Å². The maximum absolute atomic E-state index is 13.3. The number of aryl methyl sites for hydroxylation is 1. The predicted molar refractivity (Wildman–Crippen MR) is 112 cm³/mol. The van der Waals surface area contributed by atoms with Crippen molar-refractivity contribution in [3.63, 3.8) is 0 Å². The van der Waals surface area contributed by atoms with Crippen LogP contribution in [-0.2, 0) is 13.1 Å². The van der Waals surface area contributed by atoms with Crippen LogP contribution in [0.5, 0.6) is 5.75 Å². The van der Waals surface area contributed by atoms with Crippen LogP contribution in [0, 0.1) is 6.92 Å². The highest BCUT2D eigenvalue weighted by Crippen LogP contribution is 2.34. The van der Waals surface area contributed by atoms with Crippen molar-refractivity contribution in [1.82, 2.24) is 9.88 Å². The van der Waals surface area contributed by atoms with Gasteiger partial charge in [-0.2, -0.15) is 0 Å². The number of pyridine rings is 1. The van der Waals surface area contributed by atoms with E-state index in [4.69, 9.17) is 9.15 Å². The van der Waals surface area contributed by atoms with Gasteiger partial charge in [0.1, 0.15) is 23.8 Å². The van der Waals surface area contributed by atoms with E-state index < -0.39 is 0 Å². The van der Waals surface area contributed by atoms with Crippen molar-refractivity contribution in [2.24, 2.45) is 0 Å². The zero-order valence-electron chi connectivity index (χ0n) is 16.1. The molecule has 2 aromatic carbocycles. The second-order valence-electron chi connectivity index (χ2n) is 7.23. The summed E-state index contributed by atoms with van der Waals surface area (Å²) in [5.74, 6) is 1.38. The number of fused-ring (bicyclic) bond motifs is 3. The molecular formula is C24H20N2O3. The minimum absolute atomic E-state index is 0.0143. The van der Waals surface area contributed by atoms with E-state index in [-0.39, 0.29) is 5.43 Å². The number of aromatic nitrogens is 1. The van der Waals surface area contributed by atoms with Crippen LogP contribution >= 0.6 is 0 Å². The van der Waals surface area contributed by atoms with E-state index in [1.165, 1.54) is 0 Å². The standard InChI is InChI=1S/C24H20N2O3/c1-16-22(17-7-3-2-4-8-17)23(27)19-10-11-21-20(24(19)29-16)14-26(15-28-21)13-18-9-5-6-12-25-18/h2-12H,13-15H2,1H3. The Morgan fingerprint density at radius 3 is 2.66 bits per heavy atom. The predicted octanol–water partition coefficient (Wildman–Crippen LogP) is 4.52. The molecule has 0 unspecified atom stereocenters. The lowest BCUT2D eigenvalue weighted by atomic mass is 10.0. The number of nitrogens with zero attached hydrogens (tertiary/aromatic N) is 2. The van der Waals surface area contributed by atoms with Crippen molar-refractivity contribution in [2.45, 2.75) is 20.0 Å². The smallest absolute Gasteiger partial charge is 0.200 e. The Morgan fingerprint density at radius 2 is 1.86 bits per heavy atom. The Morgan fingerprint density at radius 1 is 1.03 bits per heavy atom. The van der Waals surface area contributed by atoms with Crippen LogP contribution in [0.15, 0.2) is 76.1 Å². The SMILES string of the molecule is Cc1oc2c3c(ccc2c(=O)c1-c1ccccc1)OCN(Cc1ccccn1)C3. The van der Waals surface area contributed by atoms with Crippen molar-refractivity contribution in [3.8, 4) is 16.9 Å². The van der Waals surface area contributed by atoms with Gasteiger partial charge in [-0.25, -0.2) is 0 Å². The average Bonchev–Trinajstić information content (AvgIpc) is 2.75. The molecule has 1 aliphatic heterocycles. The summed E-state index contributed by atoms with van der Waals surface area (Å²) in [4.78, 5) is 19.8. The molecule has 5 nitrogen and oxygen atoms in total. The van der Waals surface area contributed by atoms with Gasteiger partial charge in [-0.1, -0.05) is 36.4 Å². The Bertz CT molecular complexity index is 1230. The van der Waals surface area contributed by atoms with Crippen LogP contribution in [0.3, 0.4) is 0 Å². The topological polar surface area (TPSA) is 55.6 Å². The molecule has 144 valence electrons. The van der Waals surface area contributed by atoms with Gasteiger partial charge in [-0.05, 0) is 36.8 Å². The molecule has 0 spiro atoms. The molecule has 5 heteroatoms. The van der Waals surface area contributed by atoms with Gasteiger partial charge in [0.2, 0.25) is 5.43 Å². The Labute approximate surface area is 168 Å². The summed E-state index contributed by atoms with van der Waals surface area (Å²) >= 11 is 0. The second kappa shape index (κ2) is 7.18. The van der Waals surface area contributed by atoms with Crippen LogP contribution in [0.1, 0.15) is 17.0 Å². The number of rotatable bonds is 3. The zero-order valence-corrected chi connectivity index (χ0v) is 16.1. The molecule has 1 aliphatic rings. The number of ether oxygens (including phenoxy) is 1. The summed E-state index contributed by atoms with van der Waals surface area (Å²) in [7, 11) is 0. The molecule has 0 saturated carbocycles. The maximum Gasteiger partial charge on any atom is 0.200 e. The quantitative estimate of drug-likeness (QED) is 0.520. The van der Waals surface area contributed by atoms with Crippen LogP contribution in [0.4, 0.5) is 0 Å². The lowest BCUT2D eigenvalue weighted by Crippen LogP contribution is -2.32. The number of hydrogen-bond acceptors (Lipinski definition) is 5. The molecule has 3 heterocycles. The molecule has 5 rings (SSSR count). The summed E-state index contributed by atoms with van der Waals surface area (Å²) in [6.45, 7) is 3.62. The van der Waals surface area contributed by atoms with Gasteiger partial charge in [-0.15, -0.1) is 0 Å². The normalized spacial score (nSPS) is 13.8. The Balaban J connectivity index is 1.58. The van der Waals surface area contributed by atoms with Crippen molar-refractivity contribution in [2.75, 3.05) is 6.73 Å². The Kier molecular flexibility index (Phi) is 4.37. The van der Waals surface area contributed by atoms with Gasteiger partial charge in [0.25, 0.3) is 0 Å². The molecule has 0 amide bonds. The molecule has 0 bridgehead atoms. The number of hydrogen-bond donors (Lipinski definition) is 0. The van der Waals surface area contributed by atoms with Gasteiger partial charge in [0.05, 0.1) is 22.2 Å². The van der Waals surface area contributed by atoms with Crippen molar-refractivity contribution in [3.05, 3.63) is 94.1 Å². The van der Waals surface area contributed by atoms with Crippen molar-refractivity contribution >= 4 is 11.0 Å². The minimum Gasteiger partial charge on any atom is -0.478 e. The van der Waals surface area contributed by atoms with E-state index in [1.54, 1.807) is 12.3 Å². The molecule has 4 aromatic rings. The lowest BCUT2D eigenvalue weighted by molar-refractivity contribution is 0.0878. The molecule has 0 aliphatic carbocycles. The van der Waals surface area contributed by atoms with E-state index in [1.807, 2.05) is 61.5 Å². The summed E-state index contributed by atoms with van der Waals surface area (Å²) in [6.07, 6.45) is 1.79. The molecule has 0 saturated heterocycles. The van der Waals surface area contributed by atoms with Crippen LogP contribution in [0.25, 0.3) is 22.1 Å². The third-order valence-corrected chi connectivity index (χ3v) is 5.25. The third-order valence-electron chi connectivity index (χ3n) is 5.25. The maximum atomic E-state index is 13.3. The second-order valence-corrected chi connectivity index (χ2v) is 7.23. The van der Waals surface area contributed by atoms with Crippen LogP contribution in [0.2, 0.25) is 0 Å². The summed E-state index contributed by atoms with van der Waals surface area (Å²) in [5, 5.41) is 0.580. The fraction of sp³-hybridized carbons (Fsp3) is 0.167. The van der Waals surface area contributed by atoms with Crippen molar-refractivity contribution in [1.29, 1.82) is 0 Å². The van der Waals surface area contributed by atoms with E-state index in [0.29, 0.717) is 42.1 Å². The Hall–Kier alpha value is -3.44. The van der Waals surface area contributed by atoms with Gasteiger partial charge in [0, 0.05) is 19.3 Å². The molecule has 2 aromatic heterocycles. The third kappa shape index (κ3) is 3.19. The zero-order chi connectivity index (χ0) is 19.8. The van der Waals surface area contributed by atoms with E-state index in [9.17, 15) is 4.79 Å². The molecule has 0 fully saturated rings. The highest BCUT2D eigenvalue weighted by atomic mass is 16.5. The highest BCUT2D eigenvalue weighted by molar-refractivity contribution is 5.86. The summed E-state index contributed by atoms with van der Waals surface area (Å²) in [6, 6.07) is 19.2. The molecule has 29 heavy (non-hydrogen) atoms. The van der Waals surface area contributed by atoms with Crippen LogP contribution < -0.4 is 10.2 Å². The van der Waals surface area contributed by atoms with Crippen LogP contribution in [-0.4, -0.2) is 16.6 Å². The molecular weight excluding hydrogens is 364 g/mol. The largest absolute Gasteiger partial charge is 0.478 e. The number of benzene rings is 2. The van der Waals surface area contributed by atoms with E-state index in [0.717, 1.165) is 22.6 Å². The first-order chi connectivity index (χ1) is 14.2. The molecule has 0 N–H and O–H groups in total. The summed E-state index contributed by atoms with van der Waals surface area (Å²) < 4.78 is 12.1. The first-order valence-corrected chi connectivity index (χ1v) is 9.60.